The average molecular weight is 1920 g/mol. The molecule has 0 fully saturated rings. The molecule has 13 nitrogen and oxygen atoms in total. The molecular formula is C120H212O13Si2. The van der Waals surface area contributed by atoms with E-state index in [0.29, 0.717) is 69.0 Å². The van der Waals surface area contributed by atoms with Crippen LogP contribution in [0.25, 0.3) is 0 Å². The molecule has 0 saturated heterocycles. The number of ether oxygens (including phenoxy) is 12. The first-order chi connectivity index (χ1) is 63.2. The van der Waals surface area contributed by atoms with E-state index in [1.807, 2.05) is 0 Å². The molecule has 0 spiro atoms. The van der Waals surface area contributed by atoms with E-state index in [4.69, 9.17) is 56.8 Å². The molecule has 0 amide bonds. The molecule has 778 valence electrons. The predicted octanol–water partition coefficient (Wildman–Crippen LogP) is 35.5. The molecule has 0 unspecified atom stereocenters. The highest BCUT2D eigenvalue weighted by molar-refractivity contribution is 6.93. The van der Waals surface area contributed by atoms with E-state index in [1.54, 1.807) is 0 Å². The van der Waals surface area contributed by atoms with Crippen molar-refractivity contribution in [1.29, 1.82) is 0 Å². The fourth-order valence-corrected chi connectivity index (χ4v) is 24.1. The summed E-state index contributed by atoms with van der Waals surface area (Å²) in [5, 5.41) is 3.14. The van der Waals surface area contributed by atoms with E-state index in [9.17, 15) is 4.12 Å². The summed E-state index contributed by atoms with van der Waals surface area (Å²) in [5.41, 5.74) is -8.46. The van der Waals surface area contributed by atoms with E-state index >= 15 is 0 Å². The summed E-state index contributed by atoms with van der Waals surface area (Å²) < 4.78 is 107. The maximum Gasteiger partial charge on any atom is 0.280 e. The van der Waals surface area contributed by atoms with Crippen LogP contribution >= 0.6 is 0 Å². The van der Waals surface area contributed by atoms with Crippen LogP contribution in [0.5, 0.6) is 69.0 Å². The highest BCUT2D eigenvalue weighted by Crippen LogP contribution is 2.48. The SMILES string of the molecule is CCCCCC(C)(C)Oc1cc(OC(C)(C)CCCCC)c(OC(C)(C)CCCCC)c([Si](O[Si](c2cc(OC(C)(C)CCCCC)cc(OC(C)(C)CCCCC)c2OC(C)(C)CCCCC)c2cc(OC(C)(C)CCCCC)cc(OC(C)(C)CCCCC)c2OC(C)(C)CCCCC)c2cc(OC(C)(C)CCCCC)cc(OC(C)(C)CCCCC)c2OC(C)(C)CCCCC)c1. The summed E-state index contributed by atoms with van der Waals surface area (Å²) in [6, 6.07) is 17.9. The zero-order valence-corrected chi connectivity index (χ0v) is 96.9. The standard InChI is InChI=1S/C120H212O13Si2/c1-37-49-61-73-109(13,14)121-93-85-97(125-113(21,22)77-65-53-41-5)105(129-117(29,30)81-69-57-45-9)101(89-93)134(102-90-94(122-110(15,16)74-62-50-38-2)86-98(126-114(23,24)78-66-54-42-6)106(102)130-118(31,32)82-70-58-46-10)133-135(103-91-95(123-111(17,18)75-63-51-39-3)87-99(127-115(25,26)79-67-55-43-7)107(103)131-119(33,34)83-71-59-47-11)104-92-96(124-112(19,20)76-64-52-40-4)88-100(128-116(27,28)80-68-56-44-8)108(104)132-120(35,36)84-72-60-48-12/h85-92H,37-84H2,1-36H3. The first kappa shape index (κ1) is 122. The van der Waals surface area contributed by atoms with Gasteiger partial charge in [0.2, 0.25) is 0 Å². The topological polar surface area (TPSA) is 120 Å². The lowest BCUT2D eigenvalue weighted by atomic mass is 9.99. The highest BCUT2D eigenvalue weighted by atomic mass is 28.4. The normalized spacial score (nSPS) is 13.1. The number of benzene rings is 4. The van der Waals surface area contributed by atoms with Gasteiger partial charge < -0.3 is 61.0 Å². The maximum atomic E-state index is 9.77. The maximum absolute atomic E-state index is 9.77. The van der Waals surface area contributed by atoms with Crippen LogP contribution < -0.4 is 77.6 Å². The minimum atomic E-state index is -3.23. The molecule has 0 atom stereocenters. The monoisotopic (exact) mass is 1920 g/mol. The third-order valence-corrected chi connectivity index (χ3v) is 31.6. The minimum Gasteiger partial charge on any atom is -0.488 e. The molecule has 0 bridgehead atoms. The van der Waals surface area contributed by atoms with Crippen molar-refractivity contribution in [3.63, 3.8) is 0 Å². The largest absolute Gasteiger partial charge is 0.488 e. The number of unbranched alkanes of at least 4 members (excludes halogenated alkanes) is 24. The van der Waals surface area contributed by atoms with Gasteiger partial charge in [-0.25, -0.2) is 0 Å². The summed E-state index contributed by atoms with van der Waals surface area (Å²) in [4.78, 5) is 0. The molecule has 15 heteroatoms. The predicted molar refractivity (Wildman–Crippen MR) is 583 cm³/mol. The van der Waals surface area contributed by atoms with Gasteiger partial charge in [-0.1, -0.05) is 237 Å². The van der Waals surface area contributed by atoms with Gasteiger partial charge >= 0.3 is 0 Å². The Kier molecular flexibility index (Phi) is 52.9. The second-order valence-electron chi connectivity index (χ2n) is 47.8. The molecular weight excluding hydrogens is 1710 g/mol. The van der Waals surface area contributed by atoms with Gasteiger partial charge in [-0.15, -0.1) is 0 Å². The first-order valence-corrected chi connectivity index (χ1v) is 58.5. The van der Waals surface area contributed by atoms with Crippen LogP contribution in [-0.2, 0) is 4.12 Å². The Labute approximate surface area is 836 Å². The van der Waals surface area contributed by atoms with Crippen molar-refractivity contribution in [3.8, 4) is 69.0 Å². The second kappa shape index (κ2) is 58.5. The van der Waals surface area contributed by atoms with Crippen LogP contribution in [0.2, 0.25) is 0 Å². The quantitative estimate of drug-likeness (QED) is 0.0308. The Bertz CT molecular complexity index is 3440. The Morgan fingerprint density at radius 1 is 0.156 bits per heavy atom. The summed E-state index contributed by atoms with van der Waals surface area (Å²) in [6.45, 7) is 81.8. The molecule has 4 rings (SSSR count). The first-order valence-electron chi connectivity index (χ1n) is 55.7. The van der Waals surface area contributed by atoms with E-state index in [2.05, 4.69) is 298 Å². The summed E-state index contributed by atoms with van der Waals surface area (Å²) in [6.07, 6.45) is 46.9. The Hall–Kier alpha value is -5.13. The van der Waals surface area contributed by atoms with Crippen molar-refractivity contribution in [2.24, 2.45) is 0 Å². The van der Waals surface area contributed by atoms with Crippen molar-refractivity contribution in [2.75, 3.05) is 0 Å². The van der Waals surface area contributed by atoms with Crippen molar-refractivity contribution in [1.82, 2.24) is 0 Å². The lowest BCUT2D eigenvalue weighted by molar-refractivity contribution is 0.0632. The minimum absolute atomic E-state index is 0.594. The molecule has 2 radical (unpaired) electrons. The van der Waals surface area contributed by atoms with E-state index in [1.165, 1.54) is 0 Å². The van der Waals surface area contributed by atoms with Crippen LogP contribution in [-0.4, -0.2) is 85.3 Å². The molecule has 0 aliphatic rings. The van der Waals surface area contributed by atoms with Crippen LogP contribution in [0.15, 0.2) is 48.5 Å². The number of hydrogen-bond donors (Lipinski definition) is 0. The van der Waals surface area contributed by atoms with Crippen molar-refractivity contribution < 1.29 is 61.0 Å². The molecule has 0 aliphatic heterocycles. The molecule has 4 aromatic rings. The molecule has 135 heavy (non-hydrogen) atoms. The third-order valence-electron chi connectivity index (χ3n) is 26.5. The molecule has 0 aliphatic carbocycles. The van der Waals surface area contributed by atoms with Crippen LogP contribution in [0.4, 0.5) is 0 Å². The van der Waals surface area contributed by atoms with Crippen molar-refractivity contribution in [2.45, 2.75) is 625 Å². The van der Waals surface area contributed by atoms with Gasteiger partial charge in [0.05, 0.1) is 0 Å². The molecule has 4 aromatic carbocycles. The fraction of sp³-hybridized carbons (Fsp3) is 0.800. The summed E-state index contributed by atoms with van der Waals surface area (Å²) in [7, 11) is -6.47. The van der Waals surface area contributed by atoms with Gasteiger partial charge in [-0.3, -0.25) is 0 Å². The molecule has 0 saturated carbocycles. The zero-order valence-electron chi connectivity index (χ0n) is 94.9. The summed E-state index contributed by atoms with van der Waals surface area (Å²) in [5.74, 6) is 7.39. The zero-order chi connectivity index (χ0) is 101. The molecule has 0 aromatic heterocycles. The fourth-order valence-electron chi connectivity index (χ4n) is 18.3. The van der Waals surface area contributed by atoms with Gasteiger partial charge in [0.15, 0.2) is 46.0 Å². The van der Waals surface area contributed by atoms with Crippen molar-refractivity contribution >= 4 is 38.8 Å². The highest BCUT2D eigenvalue weighted by Gasteiger charge is 2.46. The van der Waals surface area contributed by atoms with Crippen LogP contribution in [0.3, 0.4) is 0 Å². The van der Waals surface area contributed by atoms with Gasteiger partial charge in [0, 0.05) is 45.0 Å². The van der Waals surface area contributed by atoms with Gasteiger partial charge in [-0.2, -0.15) is 0 Å². The Morgan fingerprint density at radius 3 is 0.400 bits per heavy atom. The Morgan fingerprint density at radius 2 is 0.274 bits per heavy atom. The average Bonchev–Trinajstić information content (AvgIpc) is 0.739. The van der Waals surface area contributed by atoms with Crippen molar-refractivity contribution in [3.05, 3.63) is 48.5 Å². The lowest BCUT2D eigenvalue weighted by Crippen LogP contribution is -2.58. The van der Waals surface area contributed by atoms with Gasteiger partial charge in [-0.05, 0) is 345 Å². The molecule has 0 heterocycles. The van der Waals surface area contributed by atoms with E-state index < -0.39 is 85.3 Å². The Balaban J connectivity index is 3.07. The van der Waals surface area contributed by atoms with E-state index in [-0.39, 0.29) is 0 Å². The van der Waals surface area contributed by atoms with Gasteiger partial charge in [0.25, 0.3) is 18.1 Å². The third kappa shape index (κ3) is 46.7. The lowest BCUT2D eigenvalue weighted by Gasteiger charge is -2.38. The van der Waals surface area contributed by atoms with Gasteiger partial charge in [0.1, 0.15) is 90.2 Å². The summed E-state index contributed by atoms with van der Waals surface area (Å²) >= 11 is 0. The second-order valence-corrected chi connectivity index (χ2v) is 52.1. The molecule has 0 N–H and O–H groups in total. The smallest absolute Gasteiger partial charge is 0.280 e. The van der Waals surface area contributed by atoms with E-state index in [0.717, 1.165) is 329 Å². The van der Waals surface area contributed by atoms with Crippen LogP contribution in [0, 0.1) is 0 Å². The van der Waals surface area contributed by atoms with Crippen LogP contribution in [0.1, 0.15) is 557 Å². The number of rotatable bonds is 78. The number of hydrogen-bond acceptors (Lipinski definition) is 13.